The lowest BCUT2D eigenvalue weighted by molar-refractivity contribution is 0.0992. The van der Waals surface area contributed by atoms with Gasteiger partial charge in [0.1, 0.15) is 0 Å². The number of rotatable bonds is 4. The first-order chi connectivity index (χ1) is 12.2. The molecule has 4 rings (SSSR count). The Morgan fingerprint density at radius 2 is 2.00 bits per heavy atom. The van der Waals surface area contributed by atoms with Crippen LogP contribution in [0.1, 0.15) is 25.9 Å². The van der Waals surface area contributed by atoms with Crippen molar-refractivity contribution < 1.29 is 4.79 Å². The summed E-state index contributed by atoms with van der Waals surface area (Å²) in [6, 6.07) is 15.8. The zero-order valence-electron chi connectivity index (χ0n) is 13.6. The molecular weight excluding hydrogens is 352 g/mol. The van der Waals surface area contributed by atoms with Crippen LogP contribution in [0.2, 0.25) is 5.02 Å². The predicted octanol–water partition coefficient (Wildman–Crippen LogP) is 4.53. The first-order valence-corrected chi connectivity index (χ1v) is 9.47. The van der Waals surface area contributed by atoms with Gasteiger partial charge >= 0.3 is 0 Å². The van der Waals surface area contributed by atoms with E-state index < -0.39 is 0 Å². The number of halogens is 1. The van der Waals surface area contributed by atoms with Crippen molar-refractivity contribution in [2.45, 2.75) is 19.4 Å². The molecule has 1 N–H and O–H groups in total. The third-order valence-corrected chi connectivity index (χ3v) is 5.94. The number of carbonyl (C=O) groups is 1. The fraction of sp³-hybridized carbons (Fsp3) is 0.200. The highest BCUT2D eigenvalue weighted by Gasteiger charge is 2.20. The normalized spacial score (nSPS) is 13.5. The molecule has 0 atom stereocenters. The van der Waals surface area contributed by atoms with Gasteiger partial charge < -0.3 is 5.32 Å². The molecule has 0 amide bonds. The fourth-order valence-corrected chi connectivity index (χ4v) is 4.37. The molecule has 0 saturated heterocycles. The molecule has 0 spiro atoms. The SMILES string of the molecule is O=C(Cc1cccc(-c2ccccc2)c1Cl)c1nc2c(s1)CNCC2. The van der Waals surface area contributed by atoms with Crippen molar-refractivity contribution in [3.05, 3.63) is 74.7 Å². The van der Waals surface area contributed by atoms with Crippen molar-refractivity contribution >= 4 is 28.7 Å². The number of nitrogens with one attached hydrogen (secondary N) is 1. The lowest BCUT2D eigenvalue weighted by atomic mass is 10.0. The second-order valence-corrected chi connectivity index (χ2v) is 7.52. The minimum Gasteiger partial charge on any atom is -0.311 e. The van der Waals surface area contributed by atoms with Gasteiger partial charge in [0, 0.05) is 36.4 Å². The summed E-state index contributed by atoms with van der Waals surface area (Å²) in [4.78, 5) is 18.4. The standard InChI is InChI=1S/C20H17ClN2OS/c21-19-14(7-4-8-15(19)13-5-2-1-3-6-13)11-17(24)20-23-16-9-10-22-12-18(16)25-20/h1-8,22H,9-12H2. The average Bonchev–Trinajstić information content (AvgIpc) is 3.08. The Labute approximate surface area is 155 Å². The fourth-order valence-electron chi connectivity index (χ4n) is 3.05. The van der Waals surface area contributed by atoms with Gasteiger partial charge in [-0.15, -0.1) is 11.3 Å². The Balaban J connectivity index is 1.60. The molecule has 0 aliphatic carbocycles. The molecule has 3 nitrogen and oxygen atoms in total. The smallest absolute Gasteiger partial charge is 0.195 e. The van der Waals surface area contributed by atoms with Crippen LogP contribution in [0.4, 0.5) is 0 Å². The summed E-state index contributed by atoms with van der Waals surface area (Å²) in [5, 5.41) is 4.55. The molecule has 0 saturated carbocycles. The van der Waals surface area contributed by atoms with Crippen LogP contribution in [0.3, 0.4) is 0 Å². The van der Waals surface area contributed by atoms with E-state index in [4.69, 9.17) is 11.6 Å². The quantitative estimate of drug-likeness (QED) is 0.688. The number of Topliss-reactive ketones (excluding diaryl/α,β-unsaturated/α-hetero) is 1. The van der Waals surface area contributed by atoms with E-state index in [-0.39, 0.29) is 12.2 Å². The second kappa shape index (κ2) is 7.08. The maximum atomic E-state index is 12.7. The van der Waals surface area contributed by atoms with Gasteiger partial charge in [-0.3, -0.25) is 4.79 Å². The van der Waals surface area contributed by atoms with Gasteiger partial charge in [-0.25, -0.2) is 4.98 Å². The zero-order chi connectivity index (χ0) is 17.2. The topological polar surface area (TPSA) is 42.0 Å². The lowest BCUT2D eigenvalue weighted by Crippen LogP contribution is -2.22. The van der Waals surface area contributed by atoms with E-state index >= 15 is 0 Å². The van der Waals surface area contributed by atoms with Crippen molar-refractivity contribution in [1.29, 1.82) is 0 Å². The second-order valence-electron chi connectivity index (χ2n) is 6.06. The number of fused-ring (bicyclic) bond motifs is 1. The van der Waals surface area contributed by atoms with Crippen molar-refractivity contribution in [3.63, 3.8) is 0 Å². The number of carbonyl (C=O) groups excluding carboxylic acids is 1. The lowest BCUT2D eigenvalue weighted by Gasteiger charge is -2.09. The van der Waals surface area contributed by atoms with Gasteiger partial charge in [0.2, 0.25) is 0 Å². The summed E-state index contributed by atoms with van der Waals surface area (Å²) in [6.45, 7) is 1.74. The minimum absolute atomic E-state index is 0.0338. The van der Waals surface area contributed by atoms with Crippen LogP contribution in [-0.2, 0) is 19.4 Å². The van der Waals surface area contributed by atoms with Crippen LogP contribution in [0.25, 0.3) is 11.1 Å². The maximum Gasteiger partial charge on any atom is 0.195 e. The van der Waals surface area contributed by atoms with E-state index in [1.165, 1.54) is 16.2 Å². The first-order valence-electron chi connectivity index (χ1n) is 8.27. The Bertz CT molecular complexity index is 897. The van der Waals surface area contributed by atoms with E-state index in [0.717, 1.165) is 41.9 Å². The molecule has 126 valence electrons. The molecule has 5 heteroatoms. The highest BCUT2D eigenvalue weighted by Crippen LogP contribution is 2.32. The molecule has 1 aliphatic heterocycles. The Kier molecular flexibility index (Phi) is 4.66. The summed E-state index contributed by atoms with van der Waals surface area (Å²) in [7, 11) is 0. The van der Waals surface area contributed by atoms with Gasteiger partial charge in [-0.05, 0) is 11.1 Å². The van der Waals surface area contributed by atoms with Gasteiger partial charge in [0.25, 0.3) is 0 Å². The molecule has 0 unspecified atom stereocenters. The third kappa shape index (κ3) is 3.38. The summed E-state index contributed by atoms with van der Waals surface area (Å²) >= 11 is 8.10. The first kappa shape index (κ1) is 16.5. The predicted molar refractivity (Wildman–Crippen MR) is 102 cm³/mol. The molecule has 2 aromatic carbocycles. The number of hydrogen-bond donors (Lipinski definition) is 1. The zero-order valence-corrected chi connectivity index (χ0v) is 15.2. The molecule has 0 bridgehead atoms. The maximum absolute atomic E-state index is 12.7. The van der Waals surface area contributed by atoms with Crippen LogP contribution < -0.4 is 5.32 Å². The van der Waals surface area contributed by atoms with Gasteiger partial charge in [-0.1, -0.05) is 60.1 Å². The molecule has 3 aromatic rings. The highest BCUT2D eigenvalue weighted by molar-refractivity contribution is 7.13. The number of thiazole rings is 1. The highest BCUT2D eigenvalue weighted by atomic mass is 35.5. The summed E-state index contributed by atoms with van der Waals surface area (Å²) in [5.41, 5.74) is 3.92. The van der Waals surface area contributed by atoms with Crippen LogP contribution in [0.15, 0.2) is 48.5 Å². The molecular formula is C20H17ClN2OS. The Hall–Kier alpha value is -2.01. The van der Waals surface area contributed by atoms with Crippen molar-refractivity contribution in [1.82, 2.24) is 10.3 Å². The monoisotopic (exact) mass is 368 g/mol. The number of aromatic nitrogens is 1. The average molecular weight is 369 g/mol. The van der Waals surface area contributed by atoms with Crippen LogP contribution >= 0.6 is 22.9 Å². The number of ketones is 1. The Morgan fingerprint density at radius 3 is 2.80 bits per heavy atom. The van der Waals surface area contributed by atoms with Gasteiger partial charge in [0.05, 0.1) is 10.7 Å². The van der Waals surface area contributed by atoms with Gasteiger partial charge in [-0.2, -0.15) is 0 Å². The number of benzene rings is 2. The Morgan fingerprint density at radius 1 is 1.16 bits per heavy atom. The van der Waals surface area contributed by atoms with E-state index in [1.54, 1.807) is 0 Å². The van der Waals surface area contributed by atoms with Crippen LogP contribution in [0.5, 0.6) is 0 Å². The molecule has 1 aliphatic rings. The van der Waals surface area contributed by atoms with Crippen molar-refractivity contribution in [2.24, 2.45) is 0 Å². The number of hydrogen-bond acceptors (Lipinski definition) is 4. The molecule has 0 fully saturated rings. The summed E-state index contributed by atoms with van der Waals surface area (Å²) in [5.74, 6) is 0.0338. The molecule has 2 heterocycles. The van der Waals surface area contributed by atoms with E-state index in [1.807, 2.05) is 48.5 Å². The van der Waals surface area contributed by atoms with E-state index in [9.17, 15) is 4.79 Å². The van der Waals surface area contributed by atoms with Crippen molar-refractivity contribution in [2.75, 3.05) is 6.54 Å². The summed E-state index contributed by atoms with van der Waals surface area (Å²) < 4.78 is 0. The van der Waals surface area contributed by atoms with E-state index in [2.05, 4.69) is 10.3 Å². The summed E-state index contributed by atoms with van der Waals surface area (Å²) in [6.07, 6.45) is 1.17. The minimum atomic E-state index is 0.0338. The third-order valence-electron chi connectivity index (χ3n) is 4.36. The molecule has 1 aromatic heterocycles. The van der Waals surface area contributed by atoms with Crippen LogP contribution in [-0.4, -0.2) is 17.3 Å². The van der Waals surface area contributed by atoms with Crippen molar-refractivity contribution in [3.8, 4) is 11.1 Å². The molecule has 25 heavy (non-hydrogen) atoms. The largest absolute Gasteiger partial charge is 0.311 e. The van der Waals surface area contributed by atoms with Crippen LogP contribution in [0, 0.1) is 0 Å². The van der Waals surface area contributed by atoms with E-state index in [0.29, 0.717) is 10.0 Å². The molecule has 0 radical (unpaired) electrons. The van der Waals surface area contributed by atoms with Gasteiger partial charge in [0.15, 0.2) is 10.8 Å². The number of nitrogens with zero attached hydrogens (tertiary/aromatic N) is 1.